The van der Waals surface area contributed by atoms with Gasteiger partial charge in [0.2, 0.25) is 11.5 Å². The summed E-state index contributed by atoms with van der Waals surface area (Å²) in [4.78, 5) is 48.2. The molecule has 192 valence electrons. The van der Waals surface area contributed by atoms with Gasteiger partial charge in [-0.05, 0) is 13.0 Å². The Hall–Kier alpha value is -3.69. The number of aliphatic carboxylic acids is 1. The molecule has 0 aliphatic carbocycles. The molecule has 0 saturated carbocycles. The highest BCUT2D eigenvalue weighted by Crippen LogP contribution is 2.40. The average Bonchev–Trinajstić information content (AvgIpc) is 3.47. The number of fused-ring (bicyclic) bond motifs is 2. The van der Waals surface area contributed by atoms with E-state index in [1.165, 1.54) is 11.8 Å². The highest BCUT2D eigenvalue weighted by atomic mass is 35.5. The molecular weight excluding hydrogens is 544 g/mol. The lowest BCUT2D eigenvalue weighted by Gasteiger charge is -2.50. The number of halogens is 1. The lowest BCUT2D eigenvalue weighted by atomic mass is 10.0. The van der Waals surface area contributed by atoms with Crippen LogP contribution in [0.1, 0.15) is 12.7 Å². The van der Waals surface area contributed by atoms with Gasteiger partial charge in [-0.1, -0.05) is 16.8 Å². The maximum Gasteiger partial charge on any atom is 0.286 e. The molecule has 13 nitrogen and oxygen atoms in total. The number of amides is 2. The van der Waals surface area contributed by atoms with Crippen molar-refractivity contribution in [2.45, 2.75) is 24.9 Å². The number of hydrogen-bond acceptors (Lipinski definition) is 11. The maximum atomic E-state index is 13.0. The highest BCUT2D eigenvalue weighted by molar-refractivity contribution is 8.00. The number of nitrogens with zero attached hydrogens (tertiary/aromatic N) is 6. The quantitative estimate of drug-likeness (QED) is 0.154. The Morgan fingerprint density at radius 1 is 1.43 bits per heavy atom. The first-order valence-electron chi connectivity index (χ1n) is 10.9. The van der Waals surface area contributed by atoms with E-state index in [0.717, 1.165) is 22.1 Å². The molecule has 3 aromatic rings. The van der Waals surface area contributed by atoms with E-state index < -0.39 is 29.2 Å². The standard InChI is InChI=1S/C21H19ClN8O5S2/c1-2-35-26-13(16-25-21(23)37-27-16)17(31)24-14-18(32)30-15(20(33)34)10(9-36-19(14)30)7-28-5-6-29-8-11(22)3-4-12(28)29/h3-6,8,14,19H,2,7,9H2,1H3,(H3-,23,24,25,27,31,33,34)/b26-13-/t14-,19+/m1/s1. The first kappa shape index (κ1) is 25.0. The summed E-state index contributed by atoms with van der Waals surface area (Å²) in [5.41, 5.74) is 6.47. The Kier molecular flexibility index (Phi) is 6.74. The molecule has 5 heterocycles. The third kappa shape index (κ3) is 4.60. The number of β-lactam (4-membered cyclic amide) rings is 1. The maximum absolute atomic E-state index is 13.0. The summed E-state index contributed by atoms with van der Waals surface area (Å²) in [5, 5.41) is 18.5. The zero-order chi connectivity index (χ0) is 26.3. The van der Waals surface area contributed by atoms with E-state index in [4.69, 9.17) is 22.2 Å². The number of carbonyl (C=O) groups is 3. The number of rotatable bonds is 8. The zero-order valence-corrected chi connectivity index (χ0v) is 21.5. The largest absolute Gasteiger partial charge is 0.543 e. The fourth-order valence-corrected chi connectivity index (χ4v) is 6.00. The van der Waals surface area contributed by atoms with Crippen LogP contribution in [0.2, 0.25) is 5.02 Å². The van der Waals surface area contributed by atoms with Crippen molar-refractivity contribution in [2.75, 3.05) is 18.1 Å². The number of anilines is 1. The summed E-state index contributed by atoms with van der Waals surface area (Å²) in [7, 11) is 0. The Balaban J connectivity index is 1.37. The summed E-state index contributed by atoms with van der Waals surface area (Å²) in [6.07, 6.45) is 5.32. The number of nitrogen functional groups attached to an aromatic ring is 1. The molecule has 3 aromatic heterocycles. The van der Waals surface area contributed by atoms with Crippen molar-refractivity contribution in [1.29, 1.82) is 0 Å². The molecule has 37 heavy (non-hydrogen) atoms. The first-order valence-corrected chi connectivity index (χ1v) is 13.1. The molecule has 2 aliphatic rings. The topological polar surface area (TPSA) is 171 Å². The molecule has 0 aromatic carbocycles. The van der Waals surface area contributed by atoms with Crippen LogP contribution in [0, 0.1) is 0 Å². The monoisotopic (exact) mass is 562 g/mol. The normalized spacial score (nSPS) is 19.6. The van der Waals surface area contributed by atoms with Crippen LogP contribution in [0.5, 0.6) is 0 Å². The summed E-state index contributed by atoms with van der Waals surface area (Å²) >= 11 is 8.26. The minimum atomic E-state index is -1.47. The third-order valence-corrected chi connectivity index (χ3v) is 7.77. The third-order valence-electron chi connectivity index (χ3n) is 5.66. The molecule has 5 rings (SSSR count). The predicted octanol–water partition coefficient (Wildman–Crippen LogP) is -0.841. The molecule has 1 fully saturated rings. The van der Waals surface area contributed by atoms with Crippen molar-refractivity contribution in [2.24, 2.45) is 5.16 Å². The Morgan fingerprint density at radius 2 is 2.24 bits per heavy atom. The molecule has 0 radical (unpaired) electrons. The van der Waals surface area contributed by atoms with Crippen molar-refractivity contribution in [3.8, 4) is 0 Å². The Morgan fingerprint density at radius 3 is 2.95 bits per heavy atom. The highest BCUT2D eigenvalue weighted by Gasteiger charge is 2.53. The SMILES string of the molecule is CCO/N=C(\C(=O)N[C@@H]1C(=O)N2C(C(=O)[O-])=C(C[n+]3ccn4cc(Cl)ccc43)CS[C@@H]12)c1nsc(N)n1. The van der Waals surface area contributed by atoms with Crippen LogP contribution < -0.4 is 20.7 Å². The second-order valence-electron chi connectivity index (χ2n) is 7.95. The summed E-state index contributed by atoms with van der Waals surface area (Å²) in [6.45, 7) is 2.10. The molecule has 2 amide bonds. The first-order chi connectivity index (χ1) is 17.8. The van der Waals surface area contributed by atoms with Crippen molar-refractivity contribution in [1.82, 2.24) is 24.0 Å². The van der Waals surface area contributed by atoms with E-state index in [2.05, 4.69) is 19.8 Å². The van der Waals surface area contributed by atoms with E-state index in [-0.39, 0.29) is 35.5 Å². The van der Waals surface area contributed by atoms with Gasteiger partial charge in [0.05, 0.1) is 16.7 Å². The number of thioether (sulfide) groups is 1. The molecule has 16 heteroatoms. The van der Waals surface area contributed by atoms with Gasteiger partial charge in [-0.15, -0.1) is 11.8 Å². The zero-order valence-electron chi connectivity index (χ0n) is 19.2. The van der Waals surface area contributed by atoms with E-state index in [9.17, 15) is 19.5 Å². The van der Waals surface area contributed by atoms with Crippen molar-refractivity contribution < 1.29 is 28.9 Å². The molecule has 3 N–H and O–H groups in total. The molecule has 0 unspecified atom stereocenters. The van der Waals surface area contributed by atoms with Gasteiger partial charge in [0.1, 0.15) is 43.2 Å². The van der Waals surface area contributed by atoms with Gasteiger partial charge < -0.3 is 25.8 Å². The number of pyridine rings is 1. The van der Waals surface area contributed by atoms with Crippen LogP contribution in [-0.2, 0) is 25.8 Å². The molecule has 2 atom stereocenters. The summed E-state index contributed by atoms with van der Waals surface area (Å²) in [5.74, 6) is -2.52. The minimum absolute atomic E-state index is 0.0379. The lowest BCUT2D eigenvalue weighted by molar-refractivity contribution is -0.662. The van der Waals surface area contributed by atoms with Crippen LogP contribution in [0.25, 0.3) is 5.65 Å². The summed E-state index contributed by atoms with van der Waals surface area (Å²) < 4.78 is 7.64. The van der Waals surface area contributed by atoms with Gasteiger partial charge >= 0.3 is 0 Å². The van der Waals surface area contributed by atoms with Gasteiger partial charge in [-0.25, -0.2) is 8.97 Å². The predicted molar refractivity (Wildman–Crippen MR) is 132 cm³/mol. The van der Waals surface area contributed by atoms with Crippen molar-refractivity contribution in [3.05, 3.63) is 52.8 Å². The Bertz CT molecular complexity index is 1480. The van der Waals surface area contributed by atoms with Gasteiger partial charge in [0.15, 0.2) is 5.13 Å². The Labute approximate surface area is 222 Å². The van der Waals surface area contributed by atoms with E-state index in [1.54, 1.807) is 31.6 Å². The van der Waals surface area contributed by atoms with Crippen molar-refractivity contribution in [3.63, 3.8) is 0 Å². The van der Waals surface area contributed by atoms with Crippen LogP contribution in [0.15, 0.2) is 47.1 Å². The smallest absolute Gasteiger partial charge is 0.286 e. The number of carboxylic acids is 1. The number of nitrogens with one attached hydrogen (secondary N) is 1. The van der Waals surface area contributed by atoms with Gasteiger partial charge in [-0.3, -0.25) is 14.5 Å². The van der Waals surface area contributed by atoms with Gasteiger partial charge in [0.25, 0.3) is 17.5 Å². The van der Waals surface area contributed by atoms with Crippen LogP contribution in [0.3, 0.4) is 0 Å². The fourth-order valence-electron chi connectivity index (χ4n) is 4.06. The molecule has 2 aliphatic heterocycles. The van der Waals surface area contributed by atoms with E-state index in [0.29, 0.717) is 16.3 Å². The average molecular weight is 563 g/mol. The second kappa shape index (κ2) is 9.99. The van der Waals surface area contributed by atoms with E-state index >= 15 is 0 Å². The van der Waals surface area contributed by atoms with Crippen molar-refractivity contribution >= 4 is 69.2 Å². The summed E-state index contributed by atoms with van der Waals surface area (Å²) in [6, 6.07) is 2.56. The number of aromatic nitrogens is 4. The molecule has 1 saturated heterocycles. The lowest BCUT2D eigenvalue weighted by Crippen LogP contribution is -2.71. The van der Waals surface area contributed by atoms with E-state index in [1.807, 2.05) is 15.0 Å². The number of nitrogens with two attached hydrogens (primary N) is 1. The molecule has 0 bridgehead atoms. The minimum Gasteiger partial charge on any atom is -0.543 e. The van der Waals surface area contributed by atoms with Crippen LogP contribution in [-0.4, -0.2) is 65.9 Å². The number of hydrogen-bond donors (Lipinski definition) is 2. The fraction of sp³-hybridized carbons (Fsp3) is 0.286. The number of carboxylic acid groups (broad SMARTS) is 1. The molecule has 0 spiro atoms. The van der Waals surface area contributed by atoms with Crippen LogP contribution >= 0.6 is 34.9 Å². The van der Waals surface area contributed by atoms with Crippen LogP contribution in [0.4, 0.5) is 5.13 Å². The molecular formula is C21H19ClN8O5S2. The number of carbonyl (C=O) groups excluding carboxylic acids is 3. The number of imidazole rings is 1. The number of oxime groups is 1. The van der Waals surface area contributed by atoms with Gasteiger partial charge in [0, 0.05) is 28.9 Å². The second-order valence-corrected chi connectivity index (χ2v) is 10.3. The van der Waals surface area contributed by atoms with Gasteiger partial charge in [-0.2, -0.15) is 9.36 Å².